The van der Waals surface area contributed by atoms with Crippen LogP contribution < -0.4 is 33.6 Å². The number of hydrogen-bond donors (Lipinski definition) is 2. The van der Waals surface area contributed by atoms with Crippen LogP contribution in [-0.4, -0.2) is 18.4 Å². The molecule has 2 aliphatic rings. The highest BCUT2D eigenvalue weighted by molar-refractivity contribution is 5.99. The van der Waals surface area contributed by atoms with Crippen LogP contribution in [0.1, 0.15) is 36.1 Å². The predicted molar refractivity (Wildman–Crippen MR) is 112 cm³/mol. The minimum atomic E-state index is -0.660. The Morgan fingerprint density at radius 1 is 0.966 bits per heavy atom. The first-order chi connectivity index (χ1) is 13.3. The zero-order valence-corrected chi connectivity index (χ0v) is 19.5. The van der Waals surface area contributed by atoms with E-state index < -0.39 is 5.72 Å². The van der Waals surface area contributed by atoms with Crippen LogP contribution in [0.5, 0.6) is 11.5 Å². The smallest absolute Gasteiger partial charge is 0.306 e. The van der Waals surface area contributed by atoms with Gasteiger partial charge in [-0.3, -0.25) is 4.90 Å². The average molecular weight is 500 g/mol. The third-order valence-corrected chi connectivity index (χ3v) is 6.70. The van der Waals surface area contributed by atoms with Crippen LogP contribution in [-0.2, 0) is 11.3 Å². The number of nitrogens with zero attached hydrogens (tertiary/aromatic N) is 1. The van der Waals surface area contributed by atoms with Gasteiger partial charge in [0.2, 0.25) is 0 Å². The molecule has 2 heterocycles. The van der Waals surface area contributed by atoms with Gasteiger partial charge in [-0.25, -0.2) is 4.99 Å². The molecule has 150 valence electrons. The number of phenols is 1. The Morgan fingerprint density at radius 2 is 1.62 bits per heavy atom. The lowest BCUT2D eigenvalue weighted by molar-refractivity contribution is -0.994. The van der Waals surface area contributed by atoms with Gasteiger partial charge in [-0.15, -0.1) is 0 Å². The van der Waals surface area contributed by atoms with Crippen LogP contribution in [0, 0.1) is 13.8 Å². The van der Waals surface area contributed by atoms with E-state index in [-0.39, 0.29) is 35.3 Å². The molecule has 0 amide bonds. The summed E-state index contributed by atoms with van der Waals surface area (Å²) in [5, 5.41) is 11.9. The molecule has 29 heavy (non-hydrogen) atoms. The summed E-state index contributed by atoms with van der Waals surface area (Å²) in [6.07, 6.45) is 1.97. The van der Waals surface area contributed by atoms with E-state index in [1.165, 1.54) is 27.2 Å². The Kier molecular flexibility index (Phi) is 4.48. The molecular weight excluding hydrogens is 475 g/mol. The van der Waals surface area contributed by atoms with Crippen LogP contribution in [0.3, 0.4) is 0 Å². The van der Waals surface area contributed by atoms with E-state index in [0.29, 0.717) is 0 Å². The van der Waals surface area contributed by atoms with Crippen LogP contribution in [0.25, 0.3) is 10.8 Å². The summed E-state index contributed by atoms with van der Waals surface area (Å²) in [7, 11) is 2.18. The number of rotatable bonds is 0. The zero-order valence-electron chi connectivity index (χ0n) is 17.3. The van der Waals surface area contributed by atoms with Crippen molar-refractivity contribution in [1.29, 1.82) is 0 Å². The minimum absolute atomic E-state index is 0. The standard InChI is InChI=1S/C24H24N2O2.HI/c1-14-6-7-15(2)21-20(14)23(3,4)26(5)24(21)13-25-22-18-12-17(27)10-8-16(18)9-11-19(22)28-24;/h6-13,27H,1-5H3;1H. The number of aliphatic imine (C=N–C) groups is 1. The van der Waals surface area contributed by atoms with Crippen LogP contribution in [0.15, 0.2) is 47.5 Å². The highest BCUT2D eigenvalue weighted by Crippen LogP contribution is 2.47. The predicted octanol–water partition coefficient (Wildman–Crippen LogP) is 0.877. The summed E-state index contributed by atoms with van der Waals surface area (Å²) in [5.74, 6) is 0.988. The first kappa shape index (κ1) is 20.2. The van der Waals surface area contributed by atoms with Gasteiger partial charge in [0.15, 0.2) is 5.75 Å². The number of fused-ring (bicyclic) bond motifs is 5. The van der Waals surface area contributed by atoms with Gasteiger partial charge in [-0.2, -0.15) is 0 Å². The maximum atomic E-state index is 9.95. The molecule has 3 aromatic carbocycles. The summed E-state index contributed by atoms with van der Waals surface area (Å²) in [5.41, 5.74) is 5.09. The lowest BCUT2D eigenvalue weighted by atomic mass is 9.86. The fraction of sp³-hybridized carbons (Fsp3) is 0.292. The van der Waals surface area contributed by atoms with E-state index in [4.69, 9.17) is 9.73 Å². The number of quaternary nitrogens is 1. The largest absolute Gasteiger partial charge is 1.00 e. The van der Waals surface area contributed by atoms with E-state index in [0.717, 1.165) is 22.2 Å². The molecule has 0 aliphatic carbocycles. The van der Waals surface area contributed by atoms with Crippen molar-refractivity contribution in [3.8, 4) is 11.5 Å². The number of hydrogen-bond acceptors (Lipinski definition) is 3. The van der Waals surface area contributed by atoms with Gasteiger partial charge in [0.05, 0.1) is 12.6 Å². The first-order valence-corrected chi connectivity index (χ1v) is 9.71. The highest BCUT2D eigenvalue weighted by atomic mass is 127. The molecule has 2 aliphatic heterocycles. The van der Waals surface area contributed by atoms with Crippen molar-refractivity contribution in [3.05, 3.63) is 64.7 Å². The normalized spacial score (nSPS) is 23.4. The van der Waals surface area contributed by atoms with Gasteiger partial charge in [-0.1, -0.05) is 24.3 Å². The molecule has 0 radical (unpaired) electrons. The maximum Gasteiger partial charge on any atom is 0.306 e. The molecule has 4 nitrogen and oxygen atoms in total. The Labute approximate surface area is 188 Å². The topological polar surface area (TPSA) is 46.3 Å². The molecule has 2 N–H and O–H groups in total. The molecule has 1 spiro atoms. The number of phenolic OH excluding ortho intramolecular Hbond substituents is 1. The second-order valence-corrected chi connectivity index (χ2v) is 8.61. The van der Waals surface area contributed by atoms with Gasteiger partial charge in [0, 0.05) is 10.9 Å². The van der Waals surface area contributed by atoms with E-state index in [2.05, 4.69) is 46.9 Å². The third kappa shape index (κ3) is 2.56. The van der Waals surface area contributed by atoms with Crippen molar-refractivity contribution < 1.29 is 38.7 Å². The van der Waals surface area contributed by atoms with Crippen molar-refractivity contribution in [2.24, 2.45) is 4.99 Å². The molecule has 0 aromatic heterocycles. The maximum absolute atomic E-state index is 9.95. The molecule has 0 bridgehead atoms. The summed E-state index contributed by atoms with van der Waals surface area (Å²) in [6, 6.07) is 13.8. The summed E-state index contributed by atoms with van der Waals surface area (Å²) >= 11 is 0. The molecule has 0 saturated heterocycles. The van der Waals surface area contributed by atoms with Gasteiger partial charge in [-0.05, 0) is 62.4 Å². The monoisotopic (exact) mass is 500 g/mol. The summed E-state index contributed by atoms with van der Waals surface area (Å²) in [4.78, 5) is 6.15. The second kappa shape index (κ2) is 6.44. The van der Waals surface area contributed by atoms with E-state index >= 15 is 0 Å². The fourth-order valence-electron chi connectivity index (χ4n) is 5.07. The van der Waals surface area contributed by atoms with Crippen molar-refractivity contribution in [1.82, 2.24) is 0 Å². The highest BCUT2D eigenvalue weighted by Gasteiger charge is 2.60. The van der Waals surface area contributed by atoms with Crippen LogP contribution in [0.2, 0.25) is 0 Å². The molecule has 0 saturated carbocycles. The average Bonchev–Trinajstić information content (AvgIpc) is 2.83. The van der Waals surface area contributed by atoms with Gasteiger partial charge in [0.25, 0.3) is 0 Å². The summed E-state index contributed by atoms with van der Waals surface area (Å²) < 4.78 is 6.77. The number of nitrogens with one attached hydrogen (secondary N) is 1. The van der Waals surface area contributed by atoms with Crippen molar-refractivity contribution in [2.45, 2.75) is 39.0 Å². The molecule has 2 atom stereocenters. The van der Waals surface area contributed by atoms with E-state index in [1.807, 2.05) is 24.4 Å². The number of benzene rings is 3. The molecular formula is C24H25IN2O2. The van der Waals surface area contributed by atoms with Gasteiger partial charge >= 0.3 is 5.72 Å². The lowest BCUT2D eigenvalue weighted by Crippen LogP contribution is -3.20. The second-order valence-electron chi connectivity index (χ2n) is 8.61. The van der Waals surface area contributed by atoms with E-state index in [9.17, 15) is 5.11 Å². The Bertz CT molecular complexity index is 1190. The Morgan fingerprint density at radius 3 is 2.34 bits per heavy atom. The molecule has 5 rings (SSSR count). The van der Waals surface area contributed by atoms with Gasteiger partial charge in [0.1, 0.15) is 23.2 Å². The SMILES string of the molecule is Cc1ccc(C)c2c1C(C)(C)[NH+](C)C21C=Nc2c(ccc3ccc(O)cc23)O1.[I-]. The quantitative estimate of drug-likeness (QED) is 0.451. The molecule has 2 unspecified atom stereocenters. The molecule has 3 aromatic rings. The number of aromatic hydroxyl groups is 1. The molecule has 5 heteroatoms. The van der Waals surface area contributed by atoms with Crippen molar-refractivity contribution >= 4 is 22.7 Å². The lowest BCUT2D eigenvalue weighted by Gasteiger charge is -2.38. The number of ether oxygens (including phenoxy) is 1. The number of halogens is 1. The first-order valence-electron chi connectivity index (χ1n) is 9.71. The van der Waals surface area contributed by atoms with Crippen LogP contribution in [0.4, 0.5) is 5.69 Å². The summed E-state index contributed by atoms with van der Waals surface area (Å²) in [6.45, 7) is 8.87. The van der Waals surface area contributed by atoms with Crippen molar-refractivity contribution in [3.63, 3.8) is 0 Å². The Balaban J connectivity index is 0.00000205. The van der Waals surface area contributed by atoms with E-state index in [1.54, 1.807) is 12.1 Å². The Hall–Kier alpha value is -2.12. The number of aryl methyl sites for hydroxylation is 2. The van der Waals surface area contributed by atoms with Gasteiger partial charge < -0.3 is 33.8 Å². The fourth-order valence-corrected chi connectivity index (χ4v) is 5.07. The third-order valence-electron chi connectivity index (χ3n) is 6.70. The van der Waals surface area contributed by atoms with Crippen LogP contribution >= 0.6 is 0 Å². The zero-order chi connectivity index (χ0) is 19.8. The minimum Gasteiger partial charge on any atom is -1.00 e. The van der Waals surface area contributed by atoms with Crippen molar-refractivity contribution in [2.75, 3.05) is 7.05 Å². The molecule has 0 fully saturated rings.